The Kier molecular flexibility index (Phi) is 6.72. The van der Waals surface area contributed by atoms with E-state index in [1.165, 1.54) is 34.6 Å². The van der Waals surface area contributed by atoms with E-state index >= 15 is 0 Å². The lowest BCUT2D eigenvalue weighted by Crippen LogP contribution is -2.37. The number of piperidine rings is 1. The van der Waals surface area contributed by atoms with Gasteiger partial charge in [-0.3, -0.25) is 9.78 Å². The van der Waals surface area contributed by atoms with E-state index in [9.17, 15) is 23.1 Å². The van der Waals surface area contributed by atoms with Gasteiger partial charge in [0, 0.05) is 19.2 Å². The average Bonchev–Trinajstić information content (AvgIpc) is 2.77. The quantitative estimate of drug-likeness (QED) is 0.521. The lowest BCUT2D eigenvalue weighted by Gasteiger charge is -2.29. The molecular formula is C21H20Cl2N4O6S. The van der Waals surface area contributed by atoms with Crippen LogP contribution in [0.5, 0.6) is 17.2 Å². The first-order valence-corrected chi connectivity index (χ1v) is 12.4. The number of halogens is 2. The summed E-state index contributed by atoms with van der Waals surface area (Å²) in [5.41, 5.74) is -1.26. The molecule has 0 amide bonds. The fourth-order valence-electron chi connectivity index (χ4n) is 3.55. The van der Waals surface area contributed by atoms with Crippen LogP contribution in [-0.2, 0) is 10.0 Å². The Balaban J connectivity index is 1.66. The summed E-state index contributed by atoms with van der Waals surface area (Å²) in [5.74, 6) is 0.120. The predicted octanol–water partition coefficient (Wildman–Crippen LogP) is 3.15. The molecule has 1 aliphatic rings. The second kappa shape index (κ2) is 9.41. The Hall–Kier alpha value is -2.86. The zero-order valence-corrected chi connectivity index (χ0v) is 20.2. The van der Waals surface area contributed by atoms with Crippen molar-refractivity contribution in [1.82, 2.24) is 19.1 Å². The molecule has 1 aliphatic heterocycles. The summed E-state index contributed by atoms with van der Waals surface area (Å²) in [6.45, 7) is 2.80. The van der Waals surface area contributed by atoms with Crippen LogP contribution in [0, 0.1) is 5.92 Å². The fraction of sp³-hybridized carbons (Fsp3) is 0.286. The van der Waals surface area contributed by atoms with Crippen LogP contribution in [0.4, 0.5) is 0 Å². The molecule has 13 heteroatoms. The van der Waals surface area contributed by atoms with Crippen molar-refractivity contribution >= 4 is 33.2 Å². The zero-order valence-electron chi connectivity index (χ0n) is 17.9. The van der Waals surface area contributed by atoms with Crippen molar-refractivity contribution in [3.63, 3.8) is 0 Å². The Bertz CT molecular complexity index is 1440. The van der Waals surface area contributed by atoms with Gasteiger partial charge in [0.1, 0.15) is 22.6 Å². The second-order valence-electron chi connectivity index (χ2n) is 7.91. The molecule has 3 aromatic rings. The Morgan fingerprint density at radius 3 is 2.38 bits per heavy atom. The maximum Gasteiger partial charge on any atom is 0.349 e. The highest BCUT2D eigenvalue weighted by atomic mass is 35.5. The lowest BCUT2D eigenvalue weighted by atomic mass is 10.0. The molecule has 1 fully saturated rings. The van der Waals surface area contributed by atoms with Crippen molar-refractivity contribution < 1.29 is 18.3 Å². The van der Waals surface area contributed by atoms with Crippen LogP contribution in [0.2, 0.25) is 10.0 Å². The maximum atomic E-state index is 13.1. The molecule has 2 heterocycles. The van der Waals surface area contributed by atoms with E-state index in [1.807, 2.05) is 0 Å². The lowest BCUT2D eigenvalue weighted by molar-refractivity contribution is 0.287. The normalized spacial score (nSPS) is 15.4. The first kappa shape index (κ1) is 24.3. The minimum Gasteiger partial charge on any atom is -0.507 e. The van der Waals surface area contributed by atoms with Crippen LogP contribution in [-0.4, -0.2) is 45.7 Å². The van der Waals surface area contributed by atoms with Crippen molar-refractivity contribution in [2.75, 3.05) is 13.1 Å². The van der Waals surface area contributed by atoms with Crippen molar-refractivity contribution in [2.24, 2.45) is 5.92 Å². The molecule has 4 rings (SSSR count). The van der Waals surface area contributed by atoms with Crippen LogP contribution in [0.25, 0.3) is 5.69 Å². The van der Waals surface area contributed by atoms with Crippen molar-refractivity contribution in [3.05, 3.63) is 67.4 Å². The summed E-state index contributed by atoms with van der Waals surface area (Å²) >= 11 is 12.6. The Morgan fingerprint density at radius 2 is 1.76 bits per heavy atom. The van der Waals surface area contributed by atoms with Crippen LogP contribution < -0.4 is 16.0 Å². The minimum absolute atomic E-state index is 0.00454. The third kappa shape index (κ3) is 4.83. The van der Waals surface area contributed by atoms with E-state index < -0.39 is 27.0 Å². The van der Waals surface area contributed by atoms with Gasteiger partial charge in [0.05, 0.1) is 15.7 Å². The van der Waals surface area contributed by atoms with Gasteiger partial charge in [-0.1, -0.05) is 30.1 Å². The molecule has 0 aliphatic carbocycles. The Morgan fingerprint density at radius 1 is 1.12 bits per heavy atom. The molecule has 0 unspecified atom stereocenters. The number of ether oxygens (including phenoxy) is 1. The highest BCUT2D eigenvalue weighted by Gasteiger charge is 2.30. The minimum atomic E-state index is -3.94. The summed E-state index contributed by atoms with van der Waals surface area (Å²) in [7, 11) is -3.94. The second-order valence-corrected chi connectivity index (χ2v) is 10.6. The number of nitrogens with one attached hydrogen (secondary N) is 1. The van der Waals surface area contributed by atoms with Crippen LogP contribution in [0.1, 0.15) is 19.8 Å². The highest BCUT2D eigenvalue weighted by molar-refractivity contribution is 7.89. The summed E-state index contributed by atoms with van der Waals surface area (Å²) in [5, 5.41) is 14.0. The molecule has 0 atom stereocenters. The van der Waals surface area contributed by atoms with E-state index in [4.69, 9.17) is 27.9 Å². The number of phenols is 1. The summed E-state index contributed by atoms with van der Waals surface area (Å²) < 4.78 is 34.2. The summed E-state index contributed by atoms with van der Waals surface area (Å²) in [4.78, 5) is 25.0. The van der Waals surface area contributed by atoms with Gasteiger partial charge < -0.3 is 9.84 Å². The molecule has 34 heavy (non-hydrogen) atoms. The first-order chi connectivity index (χ1) is 16.1. The molecule has 0 saturated carbocycles. The Labute approximate surface area is 204 Å². The fourth-order valence-corrected chi connectivity index (χ4v) is 5.67. The van der Waals surface area contributed by atoms with Crippen LogP contribution in [0.15, 0.2) is 51.0 Å². The third-order valence-corrected chi connectivity index (χ3v) is 7.94. The van der Waals surface area contributed by atoms with E-state index in [0.717, 1.165) is 23.7 Å². The predicted molar refractivity (Wildman–Crippen MR) is 126 cm³/mol. The molecule has 2 aromatic carbocycles. The summed E-state index contributed by atoms with van der Waals surface area (Å²) in [6, 6.07) is 6.50. The van der Waals surface area contributed by atoms with Gasteiger partial charge in [-0.25, -0.2) is 13.2 Å². The van der Waals surface area contributed by atoms with E-state index in [1.54, 1.807) is 0 Å². The number of hydrogen-bond donors (Lipinski definition) is 2. The smallest absolute Gasteiger partial charge is 0.349 e. The maximum absolute atomic E-state index is 13.1. The molecule has 0 radical (unpaired) electrons. The van der Waals surface area contributed by atoms with Gasteiger partial charge in [-0.15, -0.1) is 0 Å². The molecule has 10 nitrogen and oxygen atoms in total. The van der Waals surface area contributed by atoms with Gasteiger partial charge in [-0.2, -0.15) is 14.1 Å². The number of phenolic OH excluding ortho intramolecular Hbond substituents is 1. The molecule has 1 saturated heterocycles. The molecule has 0 bridgehead atoms. The number of aromatic hydroxyl groups is 1. The van der Waals surface area contributed by atoms with Gasteiger partial charge in [0.25, 0.3) is 5.56 Å². The zero-order chi connectivity index (χ0) is 24.6. The van der Waals surface area contributed by atoms with E-state index in [0.29, 0.717) is 19.0 Å². The molecule has 0 spiro atoms. The average molecular weight is 527 g/mol. The molecule has 1 aromatic heterocycles. The highest BCUT2D eigenvalue weighted by Crippen LogP contribution is 2.40. The summed E-state index contributed by atoms with van der Waals surface area (Å²) in [6.07, 6.45) is 2.40. The number of hydrogen-bond acceptors (Lipinski definition) is 7. The third-order valence-electron chi connectivity index (χ3n) is 5.45. The number of rotatable bonds is 5. The number of nitrogens with zero attached hydrogens (tertiary/aromatic N) is 3. The van der Waals surface area contributed by atoms with Crippen molar-refractivity contribution in [3.8, 4) is 22.9 Å². The first-order valence-electron chi connectivity index (χ1n) is 10.3. The van der Waals surface area contributed by atoms with Crippen molar-refractivity contribution in [1.29, 1.82) is 0 Å². The van der Waals surface area contributed by atoms with Gasteiger partial charge in [0.2, 0.25) is 10.0 Å². The molecule has 2 N–H and O–H groups in total. The number of benzene rings is 2. The standard InChI is InChI=1S/C21H20Cl2N4O6S/c1-12-4-6-26(7-5-12)34(31,32)18-10-14(2-3-17(18)28)33-20-15(22)8-13(9-16(20)23)27-21(30)25-19(29)11-24-27/h2-3,8-12,28H,4-7H2,1H3,(H,25,29,30). The van der Waals surface area contributed by atoms with Gasteiger partial charge >= 0.3 is 5.69 Å². The number of aromatic nitrogens is 3. The molecular weight excluding hydrogens is 507 g/mol. The van der Waals surface area contributed by atoms with Crippen molar-refractivity contribution in [2.45, 2.75) is 24.7 Å². The molecule has 180 valence electrons. The number of aromatic amines is 1. The largest absolute Gasteiger partial charge is 0.507 e. The van der Waals surface area contributed by atoms with Gasteiger partial charge in [-0.05, 0) is 43.0 Å². The topological polar surface area (TPSA) is 135 Å². The van der Waals surface area contributed by atoms with E-state index in [2.05, 4.69) is 17.0 Å². The van der Waals surface area contributed by atoms with Crippen LogP contribution in [0.3, 0.4) is 0 Å². The SMILES string of the molecule is CC1CCN(S(=O)(=O)c2cc(Oc3c(Cl)cc(-n4ncc(=O)[nH]c4=O)cc3Cl)ccc2O)CC1. The van der Waals surface area contributed by atoms with E-state index in [-0.39, 0.29) is 32.1 Å². The van der Waals surface area contributed by atoms with Crippen LogP contribution >= 0.6 is 23.2 Å². The van der Waals surface area contributed by atoms with Gasteiger partial charge in [0.15, 0.2) is 5.75 Å². The number of H-pyrrole nitrogens is 1. The number of sulfonamides is 1. The monoisotopic (exact) mass is 526 g/mol.